The second kappa shape index (κ2) is 6.33. The van der Waals surface area contributed by atoms with Crippen molar-refractivity contribution in [2.24, 2.45) is 0 Å². The highest BCUT2D eigenvalue weighted by atomic mass is 16.6. The van der Waals surface area contributed by atoms with Gasteiger partial charge in [-0.1, -0.05) is 18.2 Å². The number of nitrogens with zero attached hydrogens (tertiary/aromatic N) is 2. The Labute approximate surface area is 136 Å². The minimum Gasteiger partial charge on any atom is -0.465 e. The zero-order chi connectivity index (χ0) is 17.1. The normalized spacial score (nSPS) is 11.0. The average molecular weight is 323 g/mol. The summed E-state index contributed by atoms with van der Waals surface area (Å²) < 4.78 is 4.58. The largest absolute Gasteiger partial charge is 0.465 e. The lowest BCUT2D eigenvalue weighted by Crippen LogP contribution is -2.02. The monoisotopic (exact) mass is 323 g/mol. The first-order chi connectivity index (χ1) is 11.6. The first-order valence-corrected chi connectivity index (χ1v) is 7.08. The number of carbonyl (C=O) groups excluding carboxylic acids is 1. The molecule has 0 amide bonds. The highest BCUT2D eigenvalue weighted by Crippen LogP contribution is 2.24. The van der Waals surface area contributed by atoms with Crippen LogP contribution < -0.4 is 0 Å². The standard InChI is InChI=1S/C17H13N3O4/c1-24-17(21)12-7-6-11(16(10-12)20(22)23)8-9-15-13-4-2-3-5-14(13)18-19-15/h2-10H,1H3,(H,18,19)/b9-8+. The number of aromatic amines is 1. The van der Waals surface area contributed by atoms with Crippen LogP contribution in [0.25, 0.3) is 23.1 Å². The Balaban J connectivity index is 2.00. The molecule has 0 aliphatic carbocycles. The van der Waals surface area contributed by atoms with Gasteiger partial charge in [-0.25, -0.2) is 4.79 Å². The molecule has 0 spiro atoms. The van der Waals surface area contributed by atoms with Crippen LogP contribution in [0.15, 0.2) is 42.5 Å². The fraction of sp³-hybridized carbons (Fsp3) is 0.0588. The Morgan fingerprint density at radius 3 is 2.79 bits per heavy atom. The van der Waals surface area contributed by atoms with E-state index in [0.29, 0.717) is 11.3 Å². The second-order valence-electron chi connectivity index (χ2n) is 5.01. The third-order valence-electron chi connectivity index (χ3n) is 3.57. The van der Waals surface area contributed by atoms with E-state index in [-0.39, 0.29) is 11.3 Å². The zero-order valence-electron chi connectivity index (χ0n) is 12.7. The molecule has 0 aliphatic rings. The van der Waals surface area contributed by atoms with Gasteiger partial charge in [0.2, 0.25) is 0 Å². The summed E-state index contributed by atoms with van der Waals surface area (Å²) in [6.45, 7) is 0. The van der Waals surface area contributed by atoms with Crippen LogP contribution in [0.1, 0.15) is 21.6 Å². The lowest BCUT2D eigenvalue weighted by atomic mass is 10.1. The van der Waals surface area contributed by atoms with E-state index in [1.807, 2.05) is 24.3 Å². The van der Waals surface area contributed by atoms with Crippen LogP contribution in [0.5, 0.6) is 0 Å². The van der Waals surface area contributed by atoms with Crippen molar-refractivity contribution in [1.82, 2.24) is 10.2 Å². The average Bonchev–Trinajstić information content (AvgIpc) is 3.02. The molecule has 0 radical (unpaired) electrons. The first-order valence-electron chi connectivity index (χ1n) is 7.08. The van der Waals surface area contributed by atoms with Gasteiger partial charge in [0, 0.05) is 11.5 Å². The van der Waals surface area contributed by atoms with Gasteiger partial charge in [0.1, 0.15) is 0 Å². The van der Waals surface area contributed by atoms with Crippen LogP contribution in [-0.2, 0) is 4.74 Å². The topological polar surface area (TPSA) is 98.1 Å². The van der Waals surface area contributed by atoms with Gasteiger partial charge < -0.3 is 4.74 Å². The summed E-state index contributed by atoms with van der Waals surface area (Å²) in [4.78, 5) is 22.2. The van der Waals surface area contributed by atoms with Gasteiger partial charge in [0.25, 0.3) is 5.69 Å². The molecule has 1 N–H and O–H groups in total. The van der Waals surface area contributed by atoms with Crippen molar-refractivity contribution in [1.29, 1.82) is 0 Å². The van der Waals surface area contributed by atoms with E-state index in [1.54, 1.807) is 12.2 Å². The molecule has 0 atom stereocenters. The van der Waals surface area contributed by atoms with E-state index in [2.05, 4.69) is 14.9 Å². The van der Waals surface area contributed by atoms with E-state index >= 15 is 0 Å². The number of methoxy groups -OCH3 is 1. The summed E-state index contributed by atoms with van der Waals surface area (Å²) in [5.74, 6) is -0.619. The summed E-state index contributed by atoms with van der Waals surface area (Å²) in [7, 11) is 1.23. The molecule has 0 fully saturated rings. The molecule has 120 valence electrons. The Bertz CT molecular complexity index is 959. The number of nitrogens with one attached hydrogen (secondary N) is 1. The van der Waals surface area contributed by atoms with Crippen molar-refractivity contribution in [3.05, 3.63) is 69.4 Å². The van der Waals surface area contributed by atoms with Crippen molar-refractivity contribution in [3.8, 4) is 0 Å². The van der Waals surface area contributed by atoms with Crippen LogP contribution >= 0.6 is 0 Å². The fourth-order valence-electron chi connectivity index (χ4n) is 2.37. The SMILES string of the molecule is COC(=O)c1ccc(/C=C/c2n[nH]c3ccccc23)c([N+](=O)[O-])c1. The predicted octanol–water partition coefficient (Wildman–Crippen LogP) is 3.43. The Kier molecular flexibility index (Phi) is 4.07. The minimum absolute atomic E-state index is 0.131. The van der Waals surface area contributed by atoms with Gasteiger partial charge in [0.05, 0.1) is 34.4 Å². The van der Waals surface area contributed by atoms with Crippen molar-refractivity contribution in [3.63, 3.8) is 0 Å². The summed E-state index contributed by atoms with van der Waals surface area (Å²) in [5.41, 5.74) is 1.89. The zero-order valence-corrected chi connectivity index (χ0v) is 12.7. The number of hydrogen-bond donors (Lipinski definition) is 1. The van der Waals surface area contributed by atoms with Crippen molar-refractivity contribution >= 4 is 34.7 Å². The summed E-state index contributed by atoms with van der Waals surface area (Å²) >= 11 is 0. The molecule has 0 aliphatic heterocycles. The van der Waals surface area contributed by atoms with Crippen molar-refractivity contribution < 1.29 is 14.5 Å². The summed E-state index contributed by atoms with van der Waals surface area (Å²) in [6, 6.07) is 11.8. The number of fused-ring (bicyclic) bond motifs is 1. The summed E-state index contributed by atoms with van der Waals surface area (Å²) in [6.07, 6.45) is 3.29. The van der Waals surface area contributed by atoms with Gasteiger partial charge in [-0.15, -0.1) is 0 Å². The molecule has 0 saturated heterocycles. The molecule has 0 bridgehead atoms. The van der Waals surface area contributed by atoms with Gasteiger partial charge in [-0.3, -0.25) is 15.2 Å². The van der Waals surface area contributed by atoms with Crippen LogP contribution in [0.3, 0.4) is 0 Å². The van der Waals surface area contributed by atoms with Gasteiger partial charge in [-0.2, -0.15) is 5.10 Å². The molecule has 7 nitrogen and oxygen atoms in total. The number of H-pyrrole nitrogens is 1. The number of nitro groups is 1. The molecular formula is C17H13N3O4. The molecule has 3 rings (SSSR count). The smallest absolute Gasteiger partial charge is 0.338 e. The van der Waals surface area contributed by atoms with E-state index < -0.39 is 10.9 Å². The maximum Gasteiger partial charge on any atom is 0.338 e. The molecule has 24 heavy (non-hydrogen) atoms. The lowest BCUT2D eigenvalue weighted by molar-refractivity contribution is -0.385. The minimum atomic E-state index is -0.619. The number of para-hydroxylation sites is 1. The number of aromatic nitrogens is 2. The molecule has 7 heteroatoms. The van der Waals surface area contributed by atoms with Gasteiger partial charge in [-0.05, 0) is 30.4 Å². The fourth-order valence-corrected chi connectivity index (χ4v) is 2.37. The van der Waals surface area contributed by atoms with E-state index in [1.165, 1.54) is 25.3 Å². The Morgan fingerprint density at radius 2 is 2.04 bits per heavy atom. The van der Waals surface area contributed by atoms with Crippen LogP contribution in [0.2, 0.25) is 0 Å². The molecule has 1 heterocycles. The quantitative estimate of drug-likeness (QED) is 0.450. The Hall–Kier alpha value is -3.48. The number of rotatable bonds is 4. The van der Waals surface area contributed by atoms with Crippen molar-refractivity contribution in [2.75, 3.05) is 7.11 Å². The maximum atomic E-state index is 11.5. The van der Waals surface area contributed by atoms with E-state index in [9.17, 15) is 14.9 Å². The third kappa shape index (κ3) is 2.87. The maximum absolute atomic E-state index is 11.5. The predicted molar refractivity (Wildman–Crippen MR) is 89.5 cm³/mol. The molecule has 3 aromatic rings. The van der Waals surface area contributed by atoms with Crippen molar-refractivity contribution in [2.45, 2.75) is 0 Å². The number of ether oxygens (including phenoxy) is 1. The molecule has 0 unspecified atom stereocenters. The number of hydrogen-bond acceptors (Lipinski definition) is 5. The summed E-state index contributed by atoms with van der Waals surface area (Å²) in [5, 5.41) is 19.3. The van der Waals surface area contributed by atoms with E-state index in [4.69, 9.17) is 0 Å². The number of esters is 1. The van der Waals surface area contributed by atoms with Gasteiger partial charge in [0.15, 0.2) is 0 Å². The lowest BCUT2D eigenvalue weighted by Gasteiger charge is -2.01. The number of nitro benzene ring substituents is 1. The number of benzene rings is 2. The highest BCUT2D eigenvalue weighted by Gasteiger charge is 2.16. The molecule has 0 saturated carbocycles. The van der Waals surface area contributed by atoms with Gasteiger partial charge >= 0.3 is 5.97 Å². The first kappa shape index (κ1) is 15.4. The molecular weight excluding hydrogens is 310 g/mol. The van der Waals surface area contributed by atoms with Crippen LogP contribution in [-0.4, -0.2) is 28.2 Å². The second-order valence-corrected chi connectivity index (χ2v) is 5.01. The highest BCUT2D eigenvalue weighted by molar-refractivity contribution is 5.92. The molecule has 1 aromatic heterocycles. The van der Waals surface area contributed by atoms with Crippen LogP contribution in [0.4, 0.5) is 5.69 Å². The molecule has 2 aromatic carbocycles. The number of carbonyl (C=O) groups is 1. The van der Waals surface area contributed by atoms with E-state index in [0.717, 1.165) is 10.9 Å². The third-order valence-corrected chi connectivity index (χ3v) is 3.57. The van der Waals surface area contributed by atoms with Crippen LogP contribution in [0, 0.1) is 10.1 Å². The Morgan fingerprint density at radius 1 is 1.25 bits per heavy atom.